The lowest BCUT2D eigenvalue weighted by atomic mass is 10.1. The number of aromatic nitrogens is 2. The third kappa shape index (κ3) is 4.19. The van der Waals surface area contributed by atoms with Gasteiger partial charge in [-0.2, -0.15) is 4.98 Å². The van der Waals surface area contributed by atoms with E-state index in [2.05, 4.69) is 15.3 Å². The number of benzene rings is 1. The van der Waals surface area contributed by atoms with Crippen molar-refractivity contribution >= 4 is 40.8 Å². The first-order valence-electron chi connectivity index (χ1n) is 7.86. The minimum atomic E-state index is -0.216. The van der Waals surface area contributed by atoms with Crippen molar-refractivity contribution in [2.45, 2.75) is 31.1 Å². The fraction of sp³-hybridized carbons (Fsp3) is 0.353. The molecule has 0 amide bonds. The van der Waals surface area contributed by atoms with Crippen LogP contribution in [0.25, 0.3) is 0 Å². The molecule has 0 radical (unpaired) electrons. The van der Waals surface area contributed by atoms with Gasteiger partial charge in [0.2, 0.25) is 5.28 Å². The zero-order chi connectivity index (χ0) is 16.9. The fourth-order valence-corrected chi connectivity index (χ4v) is 3.73. The van der Waals surface area contributed by atoms with E-state index in [9.17, 15) is 4.79 Å². The molecular weight excluding hydrogens is 346 g/mol. The van der Waals surface area contributed by atoms with E-state index < -0.39 is 0 Å². The van der Waals surface area contributed by atoms with Gasteiger partial charge in [0.05, 0.1) is 23.6 Å². The molecule has 126 valence electrons. The van der Waals surface area contributed by atoms with Crippen molar-refractivity contribution in [1.82, 2.24) is 9.97 Å². The number of carbonyl (C=O) groups is 1. The van der Waals surface area contributed by atoms with Gasteiger partial charge < -0.3 is 10.1 Å². The van der Waals surface area contributed by atoms with Crippen molar-refractivity contribution < 1.29 is 9.53 Å². The molecule has 2 heterocycles. The molecule has 0 unspecified atom stereocenters. The molecule has 1 aliphatic heterocycles. The summed E-state index contributed by atoms with van der Waals surface area (Å²) in [6, 6.07) is 7.65. The van der Waals surface area contributed by atoms with E-state index in [0.29, 0.717) is 6.61 Å². The zero-order valence-electron chi connectivity index (χ0n) is 13.3. The summed E-state index contributed by atoms with van der Waals surface area (Å²) < 4.78 is 4.96. The molecule has 5 nitrogen and oxygen atoms in total. The highest BCUT2D eigenvalue weighted by Crippen LogP contribution is 2.36. The van der Waals surface area contributed by atoms with Crippen molar-refractivity contribution in [3.63, 3.8) is 0 Å². The van der Waals surface area contributed by atoms with Gasteiger partial charge in [0.25, 0.3) is 0 Å². The molecule has 1 aromatic heterocycles. The van der Waals surface area contributed by atoms with Gasteiger partial charge in [0.15, 0.2) is 0 Å². The van der Waals surface area contributed by atoms with Crippen LogP contribution < -0.4 is 5.32 Å². The highest BCUT2D eigenvalue weighted by atomic mass is 35.5. The summed E-state index contributed by atoms with van der Waals surface area (Å²) in [5, 5.41) is 3.57. The number of thioether (sulfide) groups is 1. The molecule has 0 aliphatic carbocycles. The normalized spacial score (nSPS) is 13.2. The number of hydrogen-bond donors (Lipinski definition) is 1. The van der Waals surface area contributed by atoms with E-state index in [1.165, 1.54) is 0 Å². The average molecular weight is 364 g/mol. The Kier molecular flexibility index (Phi) is 5.58. The second kappa shape index (κ2) is 7.85. The molecule has 0 spiro atoms. The number of rotatable bonds is 5. The van der Waals surface area contributed by atoms with Gasteiger partial charge in [0.1, 0.15) is 5.82 Å². The topological polar surface area (TPSA) is 64.1 Å². The molecule has 3 rings (SSSR count). The van der Waals surface area contributed by atoms with E-state index in [0.717, 1.165) is 46.3 Å². The van der Waals surface area contributed by atoms with Crippen molar-refractivity contribution in [3.8, 4) is 0 Å². The Bertz CT molecular complexity index is 737. The van der Waals surface area contributed by atoms with Crippen LogP contribution in [0.1, 0.15) is 24.6 Å². The second-order valence-electron chi connectivity index (χ2n) is 5.37. The molecule has 0 saturated heterocycles. The maximum atomic E-state index is 11.5. The highest BCUT2D eigenvalue weighted by Gasteiger charge is 2.18. The second-order valence-corrected chi connectivity index (χ2v) is 6.82. The highest BCUT2D eigenvalue weighted by molar-refractivity contribution is 7.99. The van der Waals surface area contributed by atoms with Crippen molar-refractivity contribution in [3.05, 3.63) is 40.8 Å². The lowest BCUT2D eigenvalue weighted by Crippen LogP contribution is -2.08. The van der Waals surface area contributed by atoms with Crippen LogP contribution >= 0.6 is 23.4 Å². The predicted molar refractivity (Wildman–Crippen MR) is 96.1 cm³/mol. The van der Waals surface area contributed by atoms with E-state index in [1.54, 1.807) is 18.7 Å². The molecule has 0 bridgehead atoms. The van der Waals surface area contributed by atoms with E-state index in [4.69, 9.17) is 16.3 Å². The lowest BCUT2D eigenvalue weighted by molar-refractivity contribution is -0.142. The number of anilines is 2. The van der Waals surface area contributed by atoms with Crippen LogP contribution in [0.4, 0.5) is 11.5 Å². The first-order chi connectivity index (χ1) is 11.7. The SMILES string of the molecule is CCOC(=O)Cc1ccc(Nc2nc(Cl)nc3c2SCCC3)cc1. The largest absolute Gasteiger partial charge is 0.466 e. The van der Waals surface area contributed by atoms with Crippen LogP contribution in [0.2, 0.25) is 5.28 Å². The molecule has 1 N–H and O–H groups in total. The average Bonchev–Trinajstić information content (AvgIpc) is 2.57. The van der Waals surface area contributed by atoms with Gasteiger partial charge >= 0.3 is 5.97 Å². The van der Waals surface area contributed by atoms with Crippen LogP contribution in [-0.4, -0.2) is 28.3 Å². The summed E-state index contributed by atoms with van der Waals surface area (Å²) in [5.74, 6) is 1.59. The minimum absolute atomic E-state index is 0.216. The number of hydrogen-bond acceptors (Lipinski definition) is 6. The molecule has 1 aromatic carbocycles. The zero-order valence-corrected chi connectivity index (χ0v) is 14.9. The number of aryl methyl sites for hydroxylation is 1. The van der Waals surface area contributed by atoms with E-state index >= 15 is 0 Å². The van der Waals surface area contributed by atoms with Crippen LogP contribution in [0.5, 0.6) is 0 Å². The molecular formula is C17H18ClN3O2S. The van der Waals surface area contributed by atoms with Crippen LogP contribution in [0, 0.1) is 0 Å². The first kappa shape index (κ1) is 17.0. The fourth-order valence-electron chi connectivity index (χ4n) is 2.51. The van der Waals surface area contributed by atoms with E-state index in [-0.39, 0.29) is 17.7 Å². The minimum Gasteiger partial charge on any atom is -0.466 e. The van der Waals surface area contributed by atoms with Gasteiger partial charge in [-0.05, 0) is 54.8 Å². The summed E-state index contributed by atoms with van der Waals surface area (Å²) in [5.41, 5.74) is 2.81. The summed E-state index contributed by atoms with van der Waals surface area (Å²) in [7, 11) is 0. The number of fused-ring (bicyclic) bond motifs is 1. The molecule has 7 heteroatoms. The number of carbonyl (C=O) groups excluding carboxylic acids is 1. The molecule has 2 aromatic rings. The molecule has 1 aliphatic rings. The Morgan fingerprint density at radius 1 is 1.33 bits per heavy atom. The van der Waals surface area contributed by atoms with Gasteiger partial charge in [-0.25, -0.2) is 4.98 Å². The number of esters is 1. The van der Waals surface area contributed by atoms with Crippen LogP contribution in [0.3, 0.4) is 0 Å². The Balaban J connectivity index is 1.75. The third-order valence-corrected chi connectivity index (χ3v) is 4.96. The summed E-state index contributed by atoms with van der Waals surface area (Å²) in [6.07, 6.45) is 2.31. The number of halogens is 1. The van der Waals surface area contributed by atoms with Gasteiger partial charge in [-0.1, -0.05) is 12.1 Å². The van der Waals surface area contributed by atoms with Crippen LogP contribution in [0.15, 0.2) is 29.2 Å². The van der Waals surface area contributed by atoms with Crippen molar-refractivity contribution in [1.29, 1.82) is 0 Å². The van der Waals surface area contributed by atoms with Crippen molar-refractivity contribution in [2.75, 3.05) is 17.7 Å². The van der Waals surface area contributed by atoms with Gasteiger partial charge in [-0.3, -0.25) is 4.79 Å². The Labute approximate surface area is 150 Å². The standard InChI is InChI=1S/C17H18ClN3O2S/c1-2-23-14(22)10-11-5-7-12(8-6-11)19-16-15-13(4-3-9-24-15)20-17(18)21-16/h5-8H,2-4,9-10H2,1H3,(H,19,20,21). The number of nitrogens with one attached hydrogen (secondary N) is 1. The lowest BCUT2D eigenvalue weighted by Gasteiger charge is -2.18. The number of ether oxygens (including phenoxy) is 1. The monoisotopic (exact) mass is 363 g/mol. The Morgan fingerprint density at radius 2 is 2.12 bits per heavy atom. The summed E-state index contributed by atoms with van der Waals surface area (Å²) >= 11 is 7.79. The van der Waals surface area contributed by atoms with Gasteiger partial charge in [0, 0.05) is 5.69 Å². The van der Waals surface area contributed by atoms with Crippen LogP contribution in [-0.2, 0) is 22.4 Å². The first-order valence-corrected chi connectivity index (χ1v) is 9.23. The smallest absolute Gasteiger partial charge is 0.310 e. The summed E-state index contributed by atoms with van der Waals surface area (Å²) in [6.45, 7) is 2.20. The molecule has 0 fully saturated rings. The molecule has 0 saturated carbocycles. The molecule has 24 heavy (non-hydrogen) atoms. The number of nitrogens with zero attached hydrogens (tertiary/aromatic N) is 2. The van der Waals surface area contributed by atoms with Crippen molar-refractivity contribution in [2.24, 2.45) is 0 Å². The maximum absolute atomic E-state index is 11.5. The quantitative estimate of drug-likeness (QED) is 0.639. The summed E-state index contributed by atoms with van der Waals surface area (Å²) in [4.78, 5) is 21.2. The van der Waals surface area contributed by atoms with E-state index in [1.807, 2.05) is 24.3 Å². The van der Waals surface area contributed by atoms with Gasteiger partial charge in [-0.15, -0.1) is 11.8 Å². The third-order valence-electron chi connectivity index (χ3n) is 3.58. The Hall–Kier alpha value is -1.79. The predicted octanol–water partition coefficient (Wildman–Crippen LogP) is 4.02. The Morgan fingerprint density at radius 3 is 2.88 bits per heavy atom. The maximum Gasteiger partial charge on any atom is 0.310 e. The molecule has 0 atom stereocenters.